The second-order valence-electron chi connectivity index (χ2n) is 17.9. The van der Waals surface area contributed by atoms with Crippen molar-refractivity contribution in [2.75, 3.05) is 13.7 Å². The van der Waals surface area contributed by atoms with Crippen LogP contribution >= 0.6 is 0 Å². The molecule has 3 fully saturated rings. The zero-order chi connectivity index (χ0) is 45.5. The molecule has 1 saturated heterocycles. The maximum absolute atomic E-state index is 15.5. The van der Waals surface area contributed by atoms with E-state index in [1.54, 1.807) is 69.3 Å². The molecule has 1 heterocycles. The van der Waals surface area contributed by atoms with Gasteiger partial charge >= 0.3 is 23.9 Å². The zero-order valence-corrected chi connectivity index (χ0v) is 36.6. The maximum Gasteiger partial charge on any atom is 0.338 e. The highest BCUT2D eigenvalue weighted by Gasteiger charge is 2.78. The van der Waals surface area contributed by atoms with Crippen LogP contribution in [0, 0.1) is 16.7 Å². The molecular formula is C47H59NO14. The summed E-state index contributed by atoms with van der Waals surface area (Å²) in [7, 11) is 1.49. The van der Waals surface area contributed by atoms with Crippen LogP contribution in [-0.2, 0) is 47.7 Å². The molecule has 0 radical (unpaired) electrons. The van der Waals surface area contributed by atoms with E-state index in [0.717, 1.165) is 26.7 Å². The Morgan fingerprint density at radius 1 is 0.919 bits per heavy atom. The molecule has 336 valence electrons. The number of likely N-dealkylation sites (N-methyl/N-ethyl adjacent to an activating group) is 1. The van der Waals surface area contributed by atoms with Crippen molar-refractivity contribution in [3.8, 4) is 0 Å². The normalized spacial score (nSPS) is 32.0. The van der Waals surface area contributed by atoms with Gasteiger partial charge in [-0.25, -0.2) is 9.59 Å². The number of aliphatic hydroxyl groups is 3. The molecule has 2 aromatic carbocycles. The lowest BCUT2D eigenvalue weighted by atomic mass is 9.44. The first-order valence-electron chi connectivity index (χ1n) is 21.3. The van der Waals surface area contributed by atoms with Gasteiger partial charge < -0.3 is 43.9 Å². The Morgan fingerprint density at radius 3 is 2.11 bits per heavy atom. The first-order valence-corrected chi connectivity index (χ1v) is 21.3. The van der Waals surface area contributed by atoms with Crippen LogP contribution < -0.4 is 0 Å². The molecule has 4 aliphatic rings. The lowest BCUT2D eigenvalue weighted by Gasteiger charge is -2.67. The number of amides is 1. The van der Waals surface area contributed by atoms with Gasteiger partial charge in [0.05, 0.1) is 35.6 Å². The fraction of sp³-hybridized carbons (Fsp3) is 0.574. The van der Waals surface area contributed by atoms with Gasteiger partial charge in [0.1, 0.15) is 23.9 Å². The van der Waals surface area contributed by atoms with Crippen LogP contribution in [-0.4, -0.2) is 117 Å². The number of carbonyl (C=O) groups excluding carboxylic acids is 6. The predicted molar refractivity (Wildman–Crippen MR) is 221 cm³/mol. The quantitative estimate of drug-likeness (QED) is 0.111. The van der Waals surface area contributed by atoms with Gasteiger partial charge in [-0.2, -0.15) is 0 Å². The van der Waals surface area contributed by atoms with Gasteiger partial charge in [-0.05, 0) is 49.1 Å². The van der Waals surface area contributed by atoms with E-state index in [0.29, 0.717) is 12.0 Å². The van der Waals surface area contributed by atoms with Crippen molar-refractivity contribution in [3.05, 3.63) is 82.9 Å². The summed E-state index contributed by atoms with van der Waals surface area (Å²) < 4.78 is 30.4. The average molecular weight is 862 g/mol. The number of esters is 4. The molecular weight excluding hydrogens is 803 g/mol. The van der Waals surface area contributed by atoms with Gasteiger partial charge in [0.25, 0.3) is 0 Å². The van der Waals surface area contributed by atoms with Crippen LogP contribution in [0.2, 0.25) is 0 Å². The number of benzene rings is 2. The van der Waals surface area contributed by atoms with Crippen LogP contribution in [0.1, 0.15) is 109 Å². The molecule has 15 heteroatoms. The third-order valence-corrected chi connectivity index (χ3v) is 13.9. The molecule has 3 N–H and O–H groups in total. The van der Waals surface area contributed by atoms with E-state index < -0.39 is 107 Å². The van der Waals surface area contributed by atoms with Crippen LogP contribution in [0.5, 0.6) is 0 Å². The first-order chi connectivity index (χ1) is 29.2. The highest BCUT2D eigenvalue weighted by atomic mass is 16.6. The number of unbranched alkanes of at least 4 members (excludes halogenated alkanes) is 2. The molecule has 11 atom stereocenters. The van der Waals surface area contributed by atoms with Crippen molar-refractivity contribution in [1.82, 2.24) is 4.90 Å². The molecule has 1 amide bonds. The fourth-order valence-corrected chi connectivity index (χ4v) is 10.5. The van der Waals surface area contributed by atoms with Crippen molar-refractivity contribution in [2.24, 2.45) is 16.7 Å². The summed E-state index contributed by atoms with van der Waals surface area (Å²) >= 11 is 0. The summed E-state index contributed by atoms with van der Waals surface area (Å²) in [5, 5.41) is 37.7. The van der Waals surface area contributed by atoms with E-state index in [1.807, 2.05) is 6.92 Å². The van der Waals surface area contributed by atoms with Gasteiger partial charge in [-0.1, -0.05) is 82.1 Å². The smallest absolute Gasteiger partial charge is 0.338 e. The Labute approximate surface area is 361 Å². The number of aliphatic hydroxyl groups excluding tert-OH is 2. The van der Waals surface area contributed by atoms with Gasteiger partial charge in [0.15, 0.2) is 23.6 Å². The highest BCUT2D eigenvalue weighted by Crippen LogP contribution is 2.64. The number of hydrogen-bond donors (Lipinski definition) is 3. The summed E-state index contributed by atoms with van der Waals surface area (Å²) in [4.78, 5) is 84.9. The van der Waals surface area contributed by atoms with E-state index in [-0.39, 0.29) is 42.1 Å². The van der Waals surface area contributed by atoms with E-state index in [2.05, 4.69) is 0 Å². The molecule has 1 aliphatic heterocycles. The number of rotatable bonds is 13. The summed E-state index contributed by atoms with van der Waals surface area (Å²) in [6.45, 7) is 10.1. The standard InChI is InChI=1S/C47H59NO14/c1-9-10-13-22-34(52)48(8)36(29-18-14-11-15-19-29)37(53)43(56)60-31-24-47(57)41(61-42(55)30-20-16-12-17-21-30)39-45(7,32(51)23-33-46(39,25-58-33)62-28(4)50)40(54)38(59-27(3)49)35(26(31)2)44(47,5)6/h11-12,14-21,31-33,36-39,41,51,53,57H,9-10,13,22-25H2,1-8H3/t31-,32+,33+,36+,37+,38+,39-,41+,45+,46-,47+/m0/s1. The number of carbonyl (C=O) groups is 6. The lowest BCUT2D eigenvalue weighted by molar-refractivity contribution is -0.346. The van der Waals surface area contributed by atoms with E-state index >= 15 is 4.79 Å². The minimum Gasteiger partial charge on any atom is -0.456 e. The van der Waals surface area contributed by atoms with Gasteiger partial charge in [-0.15, -0.1) is 0 Å². The van der Waals surface area contributed by atoms with Crippen LogP contribution in [0.15, 0.2) is 71.8 Å². The van der Waals surface area contributed by atoms with E-state index in [9.17, 15) is 39.3 Å². The second kappa shape index (κ2) is 17.7. The molecule has 0 aromatic heterocycles. The van der Waals surface area contributed by atoms with Crippen LogP contribution in [0.3, 0.4) is 0 Å². The topological polar surface area (TPSA) is 212 Å². The summed E-state index contributed by atoms with van der Waals surface area (Å²) in [6.07, 6.45) is -7.86. The molecule has 2 bridgehead atoms. The third-order valence-electron chi connectivity index (χ3n) is 13.9. The number of ketones is 1. The number of fused-ring (bicyclic) bond motifs is 5. The van der Waals surface area contributed by atoms with Crippen molar-refractivity contribution < 1.29 is 67.8 Å². The van der Waals surface area contributed by atoms with Gasteiger partial charge in [0.2, 0.25) is 5.91 Å². The molecule has 3 aliphatic carbocycles. The van der Waals surface area contributed by atoms with Crippen molar-refractivity contribution in [2.45, 2.75) is 141 Å². The number of nitrogens with zero attached hydrogens (tertiary/aromatic N) is 1. The molecule has 0 spiro atoms. The second-order valence-corrected chi connectivity index (χ2v) is 17.9. The minimum atomic E-state index is -2.37. The highest BCUT2D eigenvalue weighted by molar-refractivity contribution is 5.95. The monoisotopic (exact) mass is 861 g/mol. The fourth-order valence-electron chi connectivity index (χ4n) is 10.5. The SMILES string of the molecule is CCCCCC(=O)N(C)[C@H](c1ccccc1)[C@@H](O)C(=O)O[C@H]1C[C@@]2(O)[C@H](OC(=O)c3ccccc3)[C@@H]3[C@]4(OC(C)=O)CO[C@@H]4C[C@@H](O)[C@@]3(C)C(=O)[C@H](OC(C)=O)C(=C1C)C2(C)C. The summed E-state index contributed by atoms with van der Waals surface area (Å²) in [6, 6.07) is 15.2. The van der Waals surface area contributed by atoms with Crippen LogP contribution in [0.25, 0.3) is 0 Å². The Balaban J connectivity index is 1.53. The van der Waals surface area contributed by atoms with E-state index in [4.69, 9.17) is 23.7 Å². The molecule has 2 aromatic rings. The summed E-state index contributed by atoms with van der Waals surface area (Å²) in [5.74, 6) is -6.44. The molecule has 0 unspecified atom stereocenters. The molecule has 15 nitrogen and oxygen atoms in total. The molecule has 62 heavy (non-hydrogen) atoms. The Bertz CT molecular complexity index is 2090. The van der Waals surface area contributed by atoms with Crippen LogP contribution in [0.4, 0.5) is 0 Å². The van der Waals surface area contributed by atoms with Crippen molar-refractivity contribution in [3.63, 3.8) is 0 Å². The van der Waals surface area contributed by atoms with Gasteiger partial charge in [0, 0.05) is 45.6 Å². The molecule has 6 rings (SSSR count). The van der Waals surface area contributed by atoms with Crippen molar-refractivity contribution >= 4 is 35.6 Å². The Hall–Kier alpha value is -4.96. The maximum atomic E-state index is 15.5. The molecule has 2 saturated carbocycles. The van der Waals surface area contributed by atoms with Crippen molar-refractivity contribution in [1.29, 1.82) is 0 Å². The Kier molecular flexibility index (Phi) is 13.3. The number of Topliss-reactive ketones (excluding diaryl/α,β-unsaturated/α-hetero) is 1. The Morgan fingerprint density at radius 2 is 1.55 bits per heavy atom. The van der Waals surface area contributed by atoms with E-state index in [1.165, 1.54) is 31.0 Å². The average Bonchev–Trinajstić information content (AvgIpc) is 3.22. The first kappa shape index (κ1) is 46.5. The lowest BCUT2D eigenvalue weighted by Crippen LogP contribution is -2.82. The minimum absolute atomic E-state index is 0.0164. The third kappa shape index (κ3) is 7.86. The largest absolute Gasteiger partial charge is 0.456 e. The van der Waals surface area contributed by atoms with Gasteiger partial charge in [-0.3, -0.25) is 19.2 Å². The summed E-state index contributed by atoms with van der Waals surface area (Å²) in [5.41, 5.74) is -7.08. The number of hydrogen-bond acceptors (Lipinski definition) is 14. The zero-order valence-electron chi connectivity index (χ0n) is 36.6. The predicted octanol–water partition coefficient (Wildman–Crippen LogP) is 4.34. The number of ether oxygens (including phenoxy) is 5.